The summed E-state index contributed by atoms with van der Waals surface area (Å²) in [5.41, 5.74) is 0. The van der Waals surface area contributed by atoms with Crippen LogP contribution in [-0.2, 0) is 13.0 Å². The third-order valence-electron chi connectivity index (χ3n) is 2.29. The summed E-state index contributed by atoms with van der Waals surface area (Å²) in [6.07, 6.45) is 0.753. The fourth-order valence-corrected chi connectivity index (χ4v) is 1.50. The standard InChI is InChI=1S/C13H15FN2O2/c1-9(2)7-12-15-13(18-16-12)8-17-11-6-4-3-5-10(11)14/h3-6,9H,7-8H2,1-2H3. The zero-order valence-electron chi connectivity index (χ0n) is 10.4. The third-order valence-corrected chi connectivity index (χ3v) is 2.29. The van der Waals surface area contributed by atoms with Crippen LogP contribution in [0.25, 0.3) is 0 Å². The number of hydrogen-bond donors (Lipinski definition) is 0. The molecule has 0 spiro atoms. The first-order valence-corrected chi connectivity index (χ1v) is 5.84. The van der Waals surface area contributed by atoms with E-state index in [1.165, 1.54) is 6.07 Å². The van der Waals surface area contributed by atoms with Gasteiger partial charge in [-0.2, -0.15) is 4.98 Å². The number of ether oxygens (including phenoxy) is 1. The largest absolute Gasteiger partial charge is 0.481 e. The van der Waals surface area contributed by atoms with E-state index in [2.05, 4.69) is 24.0 Å². The van der Waals surface area contributed by atoms with E-state index in [1.54, 1.807) is 18.2 Å². The van der Waals surface area contributed by atoms with Gasteiger partial charge < -0.3 is 9.26 Å². The van der Waals surface area contributed by atoms with E-state index in [0.717, 1.165) is 6.42 Å². The fourth-order valence-electron chi connectivity index (χ4n) is 1.50. The third kappa shape index (κ3) is 3.29. The van der Waals surface area contributed by atoms with E-state index in [4.69, 9.17) is 9.26 Å². The average molecular weight is 250 g/mol. The summed E-state index contributed by atoms with van der Waals surface area (Å²) in [7, 11) is 0. The second kappa shape index (κ2) is 5.62. The van der Waals surface area contributed by atoms with Crippen molar-refractivity contribution in [2.45, 2.75) is 26.9 Å². The van der Waals surface area contributed by atoms with Crippen molar-refractivity contribution >= 4 is 0 Å². The van der Waals surface area contributed by atoms with Gasteiger partial charge in [0, 0.05) is 6.42 Å². The van der Waals surface area contributed by atoms with Crippen LogP contribution in [0.2, 0.25) is 0 Å². The van der Waals surface area contributed by atoms with Crippen molar-refractivity contribution in [3.05, 3.63) is 41.8 Å². The van der Waals surface area contributed by atoms with Crippen LogP contribution >= 0.6 is 0 Å². The van der Waals surface area contributed by atoms with Crippen LogP contribution in [0, 0.1) is 11.7 Å². The molecule has 1 heterocycles. The van der Waals surface area contributed by atoms with Crippen molar-refractivity contribution in [2.24, 2.45) is 5.92 Å². The Hall–Kier alpha value is -1.91. The lowest BCUT2D eigenvalue weighted by Gasteiger charge is -2.03. The van der Waals surface area contributed by atoms with Crippen LogP contribution in [0.15, 0.2) is 28.8 Å². The first-order valence-electron chi connectivity index (χ1n) is 5.84. The first-order chi connectivity index (χ1) is 8.65. The molecule has 5 heteroatoms. The molecule has 0 atom stereocenters. The SMILES string of the molecule is CC(C)Cc1noc(COc2ccccc2F)n1. The molecule has 4 nitrogen and oxygen atoms in total. The topological polar surface area (TPSA) is 48.2 Å². The molecule has 0 aliphatic heterocycles. The molecule has 1 aromatic heterocycles. The molecule has 0 aliphatic rings. The molecule has 0 radical (unpaired) electrons. The maximum atomic E-state index is 13.3. The van der Waals surface area contributed by atoms with Gasteiger partial charge in [-0.1, -0.05) is 31.1 Å². The lowest BCUT2D eigenvalue weighted by Crippen LogP contribution is -1.99. The molecular formula is C13H15FN2O2. The van der Waals surface area contributed by atoms with Crippen molar-refractivity contribution < 1.29 is 13.7 Å². The maximum Gasteiger partial charge on any atom is 0.264 e. The molecule has 0 saturated carbocycles. The van der Waals surface area contributed by atoms with Gasteiger partial charge in [-0.05, 0) is 18.1 Å². The monoisotopic (exact) mass is 250 g/mol. The lowest BCUT2D eigenvalue weighted by atomic mass is 10.1. The Morgan fingerprint density at radius 2 is 2.11 bits per heavy atom. The molecule has 0 saturated heterocycles. The molecule has 0 fully saturated rings. The van der Waals surface area contributed by atoms with E-state index in [-0.39, 0.29) is 12.4 Å². The zero-order valence-corrected chi connectivity index (χ0v) is 10.4. The number of aromatic nitrogens is 2. The average Bonchev–Trinajstić information content (AvgIpc) is 2.75. The van der Waals surface area contributed by atoms with Gasteiger partial charge >= 0.3 is 0 Å². The highest BCUT2D eigenvalue weighted by molar-refractivity contribution is 5.23. The fraction of sp³-hybridized carbons (Fsp3) is 0.385. The smallest absolute Gasteiger partial charge is 0.264 e. The van der Waals surface area contributed by atoms with E-state index in [0.29, 0.717) is 17.6 Å². The molecule has 96 valence electrons. The highest BCUT2D eigenvalue weighted by Gasteiger charge is 2.09. The van der Waals surface area contributed by atoms with Crippen molar-refractivity contribution in [3.63, 3.8) is 0 Å². The molecule has 2 rings (SSSR count). The van der Waals surface area contributed by atoms with E-state index < -0.39 is 5.82 Å². The molecule has 0 unspecified atom stereocenters. The maximum absolute atomic E-state index is 13.3. The minimum atomic E-state index is -0.403. The van der Waals surface area contributed by atoms with Crippen LogP contribution in [0.1, 0.15) is 25.6 Å². The van der Waals surface area contributed by atoms with Crippen molar-refractivity contribution in [1.82, 2.24) is 10.1 Å². The van der Waals surface area contributed by atoms with Gasteiger partial charge in [0.1, 0.15) is 0 Å². The van der Waals surface area contributed by atoms with Gasteiger partial charge in [-0.3, -0.25) is 0 Å². The quantitative estimate of drug-likeness (QED) is 0.818. The predicted molar refractivity (Wildman–Crippen MR) is 63.6 cm³/mol. The van der Waals surface area contributed by atoms with Crippen molar-refractivity contribution in [3.8, 4) is 5.75 Å². The number of benzene rings is 1. The Kier molecular flexibility index (Phi) is 3.92. The van der Waals surface area contributed by atoms with E-state index in [9.17, 15) is 4.39 Å². The van der Waals surface area contributed by atoms with E-state index >= 15 is 0 Å². The highest BCUT2D eigenvalue weighted by Crippen LogP contribution is 2.16. The summed E-state index contributed by atoms with van der Waals surface area (Å²) in [5.74, 6) is 1.24. The van der Waals surface area contributed by atoms with Crippen LogP contribution in [0.5, 0.6) is 5.75 Å². The van der Waals surface area contributed by atoms with Crippen LogP contribution in [-0.4, -0.2) is 10.1 Å². The number of rotatable bonds is 5. The Labute approximate surface area is 105 Å². The zero-order chi connectivity index (χ0) is 13.0. The summed E-state index contributed by atoms with van der Waals surface area (Å²) >= 11 is 0. The van der Waals surface area contributed by atoms with Crippen molar-refractivity contribution in [2.75, 3.05) is 0 Å². The number of hydrogen-bond acceptors (Lipinski definition) is 4. The molecule has 1 aromatic carbocycles. The molecule has 0 amide bonds. The van der Waals surface area contributed by atoms with Gasteiger partial charge in [-0.15, -0.1) is 0 Å². The minimum absolute atomic E-state index is 0.0754. The molecular weight excluding hydrogens is 235 g/mol. The molecule has 18 heavy (non-hydrogen) atoms. The van der Waals surface area contributed by atoms with Crippen LogP contribution in [0.4, 0.5) is 4.39 Å². The molecule has 0 aliphatic carbocycles. The van der Waals surface area contributed by atoms with Gasteiger partial charge in [0.2, 0.25) is 0 Å². The second-order valence-electron chi connectivity index (χ2n) is 4.42. The number of halogens is 1. The van der Waals surface area contributed by atoms with Gasteiger partial charge in [-0.25, -0.2) is 4.39 Å². The van der Waals surface area contributed by atoms with Crippen LogP contribution in [0.3, 0.4) is 0 Å². The Morgan fingerprint density at radius 1 is 1.33 bits per heavy atom. The summed E-state index contributed by atoms with van der Waals surface area (Å²) < 4.78 is 23.6. The van der Waals surface area contributed by atoms with Gasteiger partial charge in [0.25, 0.3) is 5.89 Å². The molecule has 2 aromatic rings. The Bertz CT molecular complexity index is 511. The van der Waals surface area contributed by atoms with E-state index in [1.807, 2.05) is 0 Å². The number of para-hydroxylation sites is 1. The Morgan fingerprint density at radius 3 is 2.83 bits per heavy atom. The van der Waals surface area contributed by atoms with Crippen molar-refractivity contribution in [1.29, 1.82) is 0 Å². The second-order valence-corrected chi connectivity index (χ2v) is 4.42. The van der Waals surface area contributed by atoms with Gasteiger partial charge in [0.15, 0.2) is 24.0 Å². The molecule has 0 N–H and O–H groups in total. The summed E-state index contributed by atoms with van der Waals surface area (Å²) in [6.45, 7) is 4.23. The minimum Gasteiger partial charge on any atom is -0.481 e. The highest BCUT2D eigenvalue weighted by atomic mass is 19.1. The number of nitrogens with zero attached hydrogens (tertiary/aromatic N) is 2. The predicted octanol–water partition coefficient (Wildman–Crippen LogP) is 2.99. The lowest BCUT2D eigenvalue weighted by molar-refractivity contribution is 0.234. The first kappa shape index (κ1) is 12.5. The summed E-state index contributed by atoms with van der Waals surface area (Å²) in [5, 5.41) is 3.83. The van der Waals surface area contributed by atoms with Gasteiger partial charge in [0.05, 0.1) is 0 Å². The summed E-state index contributed by atoms with van der Waals surface area (Å²) in [4.78, 5) is 4.17. The summed E-state index contributed by atoms with van der Waals surface area (Å²) in [6, 6.07) is 6.21. The van der Waals surface area contributed by atoms with Crippen LogP contribution < -0.4 is 4.74 Å². The normalized spacial score (nSPS) is 10.9. The molecule has 0 bridgehead atoms. The Balaban J connectivity index is 1.94.